The summed E-state index contributed by atoms with van der Waals surface area (Å²) >= 11 is 0. The number of methoxy groups -OCH3 is 1. The van der Waals surface area contributed by atoms with Gasteiger partial charge in [0.2, 0.25) is 5.91 Å². The number of carbonyl (C=O) groups excluding carboxylic acids is 1. The molecule has 0 unspecified atom stereocenters. The van der Waals surface area contributed by atoms with E-state index in [9.17, 15) is 4.79 Å². The first-order valence-corrected chi connectivity index (χ1v) is 5.60. The van der Waals surface area contributed by atoms with Gasteiger partial charge in [-0.2, -0.15) is 0 Å². The Hall–Kier alpha value is -1.26. The summed E-state index contributed by atoms with van der Waals surface area (Å²) in [5, 5.41) is 5.79. The first-order valence-electron chi connectivity index (χ1n) is 5.60. The quantitative estimate of drug-likeness (QED) is 0.858. The first kappa shape index (κ1) is 16.7. The average Bonchev–Trinajstić information content (AvgIpc) is 2.28. The number of para-hydroxylation sites is 1. The minimum atomic E-state index is -0.458. The molecular formula is C13H21ClN2O2. The van der Waals surface area contributed by atoms with Crippen LogP contribution in [0.1, 0.15) is 19.4 Å². The summed E-state index contributed by atoms with van der Waals surface area (Å²) in [4.78, 5) is 11.6. The van der Waals surface area contributed by atoms with Gasteiger partial charge in [-0.3, -0.25) is 4.79 Å². The zero-order chi connectivity index (χ0) is 12.9. The van der Waals surface area contributed by atoms with E-state index in [1.54, 1.807) is 14.2 Å². The van der Waals surface area contributed by atoms with E-state index in [0.29, 0.717) is 6.54 Å². The lowest BCUT2D eigenvalue weighted by atomic mass is 9.93. The molecule has 0 heterocycles. The number of halogens is 1. The second-order valence-electron chi connectivity index (χ2n) is 4.40. The largest absolute Gasteiger partial charge is 0.496 e. The van der Waals surface area contributed by atoms with Crippen LogP contribution in [0.15, 0.2) is 24.3 Å². The summed E-state index contributed by atoms with van der Waals surface area (Å²) < 4.78 is 5.31. The molecule has 1 aromatic carbocycles. The van der Waals surface area contributed by atoms with E-state index in [4.69, 9.17) is 4.74 Å². The number of rotatable bonds is 5. The lowest BCUT2D eigenvalue weighted by Gasteiger charge is -2.28. The summed E-state index contributed by atoms with van der Waals surface area (Å²) in [6.07, 6.45) is 0. The Kier molecular flexibility index (Phi) is 6.73. The molecule has 0 fully saturated rings. The van der Waals surface area contributed by atoms with Gasteiger partial charge in [-0.05, 0) is 27.0 Å². The van der Waals surface area contributed by atoms with Gasteiger partial charge >= 0.3 is 0 Å². The average molecular weight is 273 g/mol. The maximum Gasteiger partial charge on any atom is 0.234 e. The van der Waals surface area contributed by atoms with Gasteiger partial charge in [0.25, 0.3) is 0 Å². The number of ether oxygens (including phenoxy) is 1. The summed E-state index contributed by atoms with van der Waals surface area (Å²) in [6, 6.07) is 7.69. The predicted molar refractivity (Wildman–Crippen MR) is 75.3 cm³/mol. The van der Waals surface area contributed by atoms with Crippen molar-refractivity contribution < 1.29 is 9.53 Å². The van der Waals surface area contributed by atoms with Crippen LogP contribution >= 0.6 is 12.4 Å². The van der Waals surface area contributed by atoms with Crippen molar-refractivity contribution in [3.8, 4) is 5.75 Å². The van der Waals surface area contributed by atoms with E-state index in [1.165, 1.54) is 0 Å². The van der Waals surface area contributed by atoms with Crippen molar-refractivity contribution in [2.24, 2.45) is 0 Å². The van der Waals surface area contributed by atoms with Crippen molar-refractivity contribution in [1.29, 1.82) is 0 Å². The van der Waals surface area contributed by atoms with Crippen LogP contribution in [0.4, 0.5) is 0 Å². The summed E-state index contributed by atoms with van der Waals surface area (Å²) in [6.45, 7) is 4.22. The van der Waals surface area contributed by atoms with Gasteiger partial charge in [0.05, 0.1) is 19.2 Å². The normalized spacial score (nSPS) is 10.4. The zero-order valence-electron chi connectivity index (χ0n) is 11.2. The van der Waals surface area contributed by atoms with E-state index in [2.05, 4.69) is 10.6 Å². The highest BCUT2D eigenvalue weighted by molar-refractivity contribution is 5.85. The predicted octanol–water partition coefficient (Wildman–Crippen LogP) is 1.69. The molecule has 1 aromatic rings. The Morgan fingerprint density at radius 2 is 1.94 bits per heavy atom. The highest BCUT2D eigenvalue weighted by atomic mass is 35.5. The maximum absolute atomic E-state index is 11.6. The van der Waals surface area contributed by atoms with E-state index in [1.807, 2.05) is 38.1 Å². The van der Waals surface area contributed by atoms with E-state index in [-0.39, 0.29) is 18.3 Å². The SMILES string of the molecule is CNCC(=O)NC(C)(C)c1ccccc1OC.Cl. The van der Waals surface area contributed by atoms with Crippen LogP contribution in [0.5, 0.6) is 5.75 Å². The molecule has 0 saturated carbocycles. The summed E-state index contributed by atoms with van der Waals surface area (Å²) in [7, 11) is 3.38. The number of amides is 1. The van der Waals surface area contributed by atoms with Gasteiger partial charge in [0.1, 0.15) is 5.75 Å². The van der Waals surface area contributed by atoms with Gasteiger partial charge < -0.3 is 15.4 Å². The van der Waals surface area contributed by atoms with Crippen LogP contribution in [0.3, 0.4) is 0 Å². The number of hydrogen-bond acceptors (Lipinski definition) is 3. The molecule has 0 radical (unpaired) electrons. The highest BCUT2D eigenvalue weighted by Crippen LogP contribution is 2.28. The molecule has 0 bridgehead atoms. The minimum absolute atomic E-state index is 0. The Morgan fingerprint density at radius 3 is 2.50 bits per heavy atom. The molecule has 1 amide bonds. The number of carbonyl (C=O) groups is 1. The van der Waals surface area contributed by atoms with Crippen LogP contribution in [-0.4, -0.2) is 26.6 Å². The fourth-order valence-corrected chi connectivity index (χ4v) is 1.78. The molecule has 0 aliphatic carbocycles. The standard InChI is InChI=1S/C13H20N2O2.ClH/c1-13(2,15-12(16)9-14-3)10-7-5-6-8-11(10)17-4;/h5-8,14H,9H2,1-4H3,(H,15,16);1H. The second kappa shape index (κ2) is 7.24. The van der Waals surface area contributed by atoms with Crippen molar-refractivity contribution in [2.45, 2.75) is 19.4 Å². The highest BCUT2D eigenvalue weighted by Gasteiger charge is 2.25. The summed E-state index contributed by atoms with van der Waals surface area (Å²) in [5.41, 5.74) is 0.507. The third-order valence-corrected chi connectivity index (χ3v) is 2.57. The number of nitrogens with one attached hydrogen (secondary N) is 2. The fraction of sp³-hybridized carbons (Fsp3) is 0.462. The molecular weight excluding hydrogens is 252 g/mol. The minimum Gasteiger partial charge on any atom is -0.496 e. The third kappa shape index (κ3) is 4.20. The molecule has 102 valence electrons. The number of benzene rings is 1. The Bertz CT molecular complexity index is 394. The van der Waals surface area contributed by atoms with Crippen molar-refractivity contribution in [1.82, 2.24) is 10.6 Å². The topological polar surface area (TPSA) is 50.4 Å². The van der Waals surface area contributed by atoms with Crippen molar-refractivity contribution >= 4 is 18.3 Å². The molecule has 0 saturated heterocycles. The molecule has 2 N–H and O–H groups in total. The smallest absolute Gasteiger partial charge is 0.234 e. The van der Waals surface area contributed by atoms with Crippen LogP contribution in [0, 0.1) is 0 Å². The van der Waals surface area contributed by atoms with Gasteiger partial charge in [-0.1, -0.05) is 18.2 Å². The molecule has 18 heavy (non-hydrogen) atoms. The van der Waals surface area contributed by atoms with E-state index >= 15 is 0 Å². The van der Waals surface area contributed by atoms with Gasteiger partial charge in [0, 0.05) is 5.56 Å². The van der Waals surface area contributed by atoms with Crippen molar-refractivity contribution in [3.05, 3.63) is 29.8 Å². The van der Waals surface area contributed by atoms with Gasteiger partial charge in [-0.15, -0.1) is 12.4 Å². The Morgan fingerprint density at radius 1 is 1.33 bits per heavy atom. The zero-order valence-corrected chi connectivity index (χ0v) is 12.1. The van der Waals surface area contributed by atoms with Crippen LogP contribution in [0.25, 0.3) is 0 Å². The van der Waals surface area contributed by atoms with E-state index < -0.39 is 5.54 Å². The molecule has 5 heteroatoms. The fourth-order valence-electron chi connectivity index (χ4n) is 1.78. The molecule has 0 aliphatic rings. The van der Waals surface area contributed by atoms with E-state index in [0.717, 1.165) is 11.3 Å². The van der Waals surface area contributed by atoms with Gasteiger partial charge in [-0.25, -0.2) is 0 Å². The number of hydrogen-bond donors (Lipinski definition) is 2. The Labute approximate surface area is 115 Å². The van der Waals surface area contributed by atoms with Crippen molar-refractivity contribution in [2.75, 3.05) is 20.7 Å². The molecule has 0 spiro atoms. The second-order valence-corrected chi connectivity index (χ2v) is 4.40. The molecule has 0 atom stereocenters. The monoisotopic (exact) mass is 272 g/mol. The van der Waals surface area contributed by atoms with Crippen LogP contribution in [-0.2, 0) is 10.3 Å². The van der Waals surface area contributed by atoms with Crippen molar-refractivity contribution in [3.63, 3.8) is 0 Å². The molecule has 1 rings (SSSR count). The first-order chi connectivity index (χ1) is 8.01. The number of likely N-dealkylation sites (N-methyl/N-ethyl adjacent to an activating group) is 1. The van der Waals surface area contributed by atoms with Crippen LogP contribution < -0.4 is 15.4 Å². The molecule has 4 nitrogen and oxygen atoms in total. The maximum atomic E-state index is 11.6. The Balaban J connectivity index is 0.00000289. The lowest BCUT2D eigenvalue weighted by molar-refractivity contribution is -0.121. The molecule has 0 aromatic heterocycles. The molecule has 0 aliphatic heterocycles. The van der Waals surface area contributed by atoms with Gasteiger partial charge in [0.15, 0.2) is 0 Å². The summed E-state index contributed by atoms with van der Waals surface area (Å²) in [5.74, 6) is 0.741. The van der Waals surface area contributed by atoms with Crippen LogP contribution in [0.2, 0.25) is 0 Å². The third-order valence-electron chi connectivity index (χ3n) is 2.57. The lowest BCUT2D eigenvalue weighted by Crippen LogP contribution is -2.44.